The molecule has 0 aliphatic carbocycles. The summed E-state index contributed by atoms with van der Waals surface area (Å²) in [7, 11) is 0. The summed E-state index contributed by atoms with van der Waals surface area (Å²) in [4.78, 5) is 4.44. The first-order valence-electron chi connectivity index (χ1n) is 3.69. The molecule has 0 bridgehead atoms. The monoisotopic (exact) mass is 157 g/mol. The standard InChI is InChI=1S/C9H6N.Al.2H/c1-2-6-9-8(4-1)5-3-7-10-9;;;/h1-6H;;;. The maximum atomic E-state index is 4.44. The van der Waals surface area contributed by atoms with Crippen LogP contribution >= 0.6 is 0 Å². The third-order valence-electron chi connectivity index (χ3n) is 1.74. The van der Waals surface area contributed by atoms with Crippen molar-refractivity contribution in [2.24, 2.45) is 0 Å². The summed E-state index contributed by atoms with van der Waals surface area (Å²) in [6.45, 7) is 0. The van der Waals surface area contributed by atoms with E-state index in [-0.39, 0.29) is 0 Å². The van der Waals surface area contributed by atoms with Crippen molar-refractivity contribution in [3.8, 4) is 0 Å². The summed E-state index contributed by atoms with van der Waals surface area (Å²) >= 11 is 1.03. The minimum absolute atomic E-state index is 1.03. The Kier molecular flexibility index (Phi) is 1.65. The number of aromatic nitrogens is 1. The van der Waals surface area contributed by atoms with E-state index in [4.69, 9.17) is 0 Å². The van der Waals surface area contributed by atoms with E-state index in [1.54, 1.807) is 0 Å². The molecule has 0 amide bonds. The molecule has 0 fully saturated rings. The van der Waals surface area contributed by atoms with Gasteiger partial charge in [-0.05, 0) is 10.6 Å². The Hall–Kier alpha value is -0.838. The van der Waals surface area contributed by atoms with E-state index in [0.29, 0.717) is 0 Å². The Bertz CT molecular complexity index is 384. The molecular formula is C9H8AlN. The van der Waals surface area contributed by atoms with Gasteiger partial charge in [-0.15, -0.1) is 0 Å². The van der Waals surface area contributed by atoms with Crippen LogP contribution in [-0.2, 0) is 0 Å². The number of hydrogen-bond acceptors (Lipinski definition) is 1. The van der Waals surface area contributed by atoms with Crippen molar-refractivity contribution < 1.29 is 0 Å². The van der Waals surface area contributed by atoms with Gasteiger partial charge in [0.2, 0.25) is 0 Å². The summed E-state index contributed by atoms with van der Waals surface area (Å²) in [6.07, 6.45) is 0. The molecular weight excluding hydrogens is 149 g/mol. The van der Waals surface area contributed by atoms with Gasteiger partial charge in [-0.1, -0.05) is 30.3 Å². The van der Waals surface area contributed by atoms with Crippen LogP contribution in [0.15, 0.2) is 36.4 Å². The van der Waals surface area contributed by atoms with Crippen LogP contribution in [0.5, 0.6) is 0 Å². The first kappa shape index (κ1) is 6.85. The van der Waals surface area contributed by atoms with Gasteiger partial charge >= 0.3 is 0 Å². The van der Waals surface area contributed by atoms with Crippen molar-refractivity contribution in [2.45, 2.75) is 0 Å². The fraction of sp³-hybridized carbons (Fsp3) is 0. The van der Waals surface area contributed by atoms with Crippen LogP contribution in [0.1, 0.15) is 0 Å². The normalized spacial score (nSPS) is 10.2. The summed E-state index contributed by atoms with van der Waals surface area (Å²) in [5, 5.41) is 1.23. The predicted octanol–water partition coefficient (Wildman–Crippen LogP) is 0.493. The summed E-state index contributed by atoms with van der Waals surface area (Å²) < 4.78 is 1.21. The summed E-state index contributed by atoms with van der Waals surface area (Å²) in [6, 6.07) is 12.4. The molecule has 1 nitrogen and oxygen atoms in total. The second kappa shape index (κ2) is 2.66. The van der Waals surface area contributed by atoms with E-state index in [9.17, 15) is 0 Å². The Balaban J connectivity index is 2.83. The van der Waals surface area contributed by atoms with Gasteiger partial charge in [0.15, 0.2) is 0 Å². The van der Waals surface area contributed by atoms with Gasteiger partial charge in [-0.3, -0.25) is 4.98 Å². The van der Waals surface area contributed by atoms with Crippen LogP contribution in [0.25, 0.3) is 10.9 Å². The van der Waals surface area contributed by atoms with E-state index in [2.05, 4.69) is 29.2 Å². The molecule has 0 radical (unpaired) electrons. The number of pyridine rings is 1. The van der Waals surface area contributed by atoms with Crippen molar-refractivity contribution in [2.75, 3.05) is 0 Å². The molecule has 0 atom stereocenters. The second-order valence-corrected chi connectivity index (χ2v) is 3.67. The number of fused-ring (bicyclic) bond motifs is 1. The molecule has 2 aromatic rings. The van der Waals surface area contributed by atoms with Gasteiger partial charge in [0.1, 0.15) is 0 Å². The molecule has 0 saturated carbocycles. The Morgan fingerprint density at radius 1 is 1.00 bits per heavy atom. The number of nitrogens with zero attached hydrogens (tertiary/aromatic N) is 1. The summed E-state index contributed by atoms with van der Waals surface area (Å²) in [5.74, 6) is 0. The SMILES string of the molecule is [AlH2][c]1ccc2ccccc2n1. The molecule has 1 heterocycles. The van der Waals surface area contributed by atoms with Crippen molar-refractivity contribution in [3.05, 3.63) is 36.4 Å². The zero-order valence-corrected chi connectivity index (χ0v) is 8.41. The fourth-order valence-electron chi connectivity index (χ4n) is 1.17. The molecule has 0 unspecified atom stereocenters. The molecule has 52 valence electrons. The molecule has 0 spiro atoms. The van der Waals surface area contributed by atoms with E-state index < -0.39 is 0 Å². The van der Waals surface area contributed by atoms with Crippen molar-refractivity contribution >= 4 is 31.7 Å². The highest BCUT2D eigenvalue weighted by molar-refractivity contribution is 6.31. The lowest BCUT2D eigenvalue weighted by molar-refractivity contribution is 1.48. The van der Waals surface area contributed by atoms with Crippen LogP contribution < -0.4 is 4.56 Å². The quantitative estimate of drug-likeness (QED) is 0.507. The maximum Gasteiger partial charge on any atom is 0.289 e. The number of rotatable bonds is 0. The first-order valence-corrected chi connectivity index (χ1v) is 4.69. The molecule has 0 N–H and O–H groups in total. The number of hydrogen-bond donors (Lipinski definition) is 0. The van der Waals surface area contributed by atoms with Gasteiger partial charge in [0, 0.05) is 5.39 Å². The lowest BCUT2D eigenvalue weighted by Crippen LogP contribution is -2.06. The van der Waals surface area contributed by atoms with Gasteiger partial charge in [-0.25, -0.2) is 0 Å². The van der Waals surface area contributed by atoms with Gasteiger partial charge < -0.3 is 0 Å². The average Bonchev–Trinajstić information content (AvgIpc) is 2.04. The number of para-hydroxylation sites is 1. The topological polar surface area (TPSA) is 12.9 Å². The van der Waals surface area contributed by atoms with Crippen LogP contribution in [0.2, 0.25) is 0 Å². The van der Waals surface area contributed by atoms with Gasteiger partial charge in [0.05, 0.1) is 5.52 Å². The smallest absolute Gasteiger partial charge is 0.272 e. The average molecular weight is 157 g/mol. The zero-order chi connectivity index (χ0) is 7.68. The highest BCUT2D eigenvalue weighted by Crippen LogP contribution is 2.07. The van der Waals surface area contributed by atoms with Crippen LogP contribution in [0, 0.1) is 0 Å². The number of benzene rings is 1. The fourth-order valence-corrected chi connectivity index (χ4v) is 1.58. The van der Waals surface area contributed by atoms with Crippen molar-refractivity contribution in [1.82, 2.24) is 4.98 Å². The summed E-state index contributed by atoms with van der Waals surface area (Å²) in [5.41, 5.74) is 1.11. The van der Waals surface area contributed by atoms with Crippen molar-refractivity contribution in [1.29, 1.82) is 0 Å². The molecule has 0 aliphatic heterocycles. The minimum atomic E-state index is 1.03. The highest BCUT2D eigenvalue weighted by atomic mass is 27.0. The third-order valence-corrected chi connectivity index (χ3v) is 2.29. The molecule has 2 rings (SSSR count). The largest absolute Gasteiger partial charge is 0.289 e. The molecule has 1 aromatic heterocycles. The predicted molar refractivity (Wildman–Crippen MR) is 49.9 cm³/mol. The van der Waals surface area contributed by atoms with Crippen LogP contribution in [0.4, 0.5) is 0 Å². The van der Waals surface area contributed by atoms with E-state index >= 15 is 0 Å². The Morgan fingerprint density at radius 3 is 2.73 bits per heavy atom. The van der Waals surface area contributed by atoms with Gasteiger partial charge in [-0.2, -0.15) is 0 Å². The highest BCUT2D eigenvalue weighted by Gasteiger charge is 1.90. The van der Waals surface area contributed by atoms with E-state index in [1.165, 1.54) is 9.94 Å². The lowest BCUT2D eigenvalue weighted by Gasteiger charge is -1.96. The van der Waals surface area contributed by atoms with Crippen molar-refractivity contribution in [3.63, 3.8) is 0 Å². The Labute approximate surface area is 73.5 Å². The molecule has 0 aliphatic rings. The Morgan fingerprint density at radius 2 is 1.82 bits per heavy atom. The maximum absolute atomic E-state index is 4.44. The molecule has 2 heteroatoms. The zero-order valence-electron chi connectivity index (χ0n) is 6.41. The van der Waals surface area contributed by atoms with Crippen LogP contribution in [-0.4, -0.2) is 21.3 Å². The molecule has 11 heavy (non-hydrogen) atoms. The second-order valence-electron chi connectivity index (χ2n) is 2.65. The van der Waals surface area contributed by atoms with Crippen LogP contribution in [0.3, 0.4) is 0 Å². The molecule has 0 saturated heterocycles. The van der Waals surface area contributed by atoms with Gasteiger partial charge in [0.25, 0.3) is 16.3 Å². The molecule has 1 aromatic carbocycles. The minimum Gasteiger partial charge on any atom is -0.272 e. The van der Waals surface area contributed by atoms with E-state index in [0.717, 1.165) is 21.8 Å². The third kappa shape index (κ3) is 1.28. The van der Waals surface area contributed by atoms with E-state index in [1.807, 2.05) is 12.1 Å². The lowest BCUT2D eigenvalue weighted by atomic mass is 10.2. The first-order chi connectivity index (χ1) is 5.36.